The standard InChI is InChI=1S/C17H17N3O2/c18-9-5-6-10-12(7-9)16(20-17(10)22)15-11-3-1-2-4-13(11)19-14(15)8-21/h1-7,14-16,19,21H,8,18H2,(H,20,22). The summed E-state index contributed by atoms with van der Waals surface area (Å²) in [4.78, 5) is 12.2. The van der Waals surface area contributed by atoms with Gasteiger partial charge in [-0.25, -0.2) is 0 Å². The number of benzene rings is 2. The summed E-state index contributed by atoms with van der Waals surface area (Å²) < 4.78 is 0. The number of amides is 1. The number of carbonyl (C=O) groups is 1. The van der Waals surface area contributed by atoms with Crippen molar-refractivity contribution in [1.29, 1.82) is 0 Å². The molecule has 5 heteroatoms. The van der Waals surface area contributed by atoms with Crippen molar-refractivity contribution >= 4 is 17.3 Å². The average Bonchev–Trinajstić information content (AvgIpc) is 3.04. The summed E-state index contributed by atoms with van der Waals surface area (Å²) in [5.41, 5.74) is 10.2. The van der Waals surface area contributed by atoms with Crippen LogP contribution in [0.15, 0.2) is 42.5 Å². The monoisotopic (exact) mass is 295 g/mol. The molecule has 3 unspecified atom stereocenters. The van der Waals surface area contributed by atoms with Crippen molar-refractivity contribution in [3.05, 3.63) is 59.2 Å². The number of nitrogen functional groups attached to an aromatic ring is 1. The third kappa shape index (κ3) is 1.79. The quantitative estimate of drug-likeness (QED) is 0.634. The first-order valence-corrected chi connectivity index (χ1v) is 7.35. The number of anilines is 2. The van der Waals surface area contributed by atoms with Gasteiger partial charge in [0.1, 0.15) is 0 Å². The molecule has 0 saturated heterocycles. The molecule has 22 heavy (non-hydrogen) atoms. The van der Waals surface area contributed by atoms with Gasteiger partial charge in [0, 0.05) is 22.9 Å². The Balaban J connectivity index is 1.83. The number of hydrogen-bond acceptors (Lipinski definition) is 4. The Labute approximate surface area is 128 Å². The Morgan fingerprint density at radius 1 is 1.09 bits per heavy atom. The van der Waals surface area contributed by atoms with E-state index in [4.69, 9.17) is 5.73 Å². The maximum absolute atomic E-state index is 12.2. The van der Waals surface area contributed by atoms with Gasteiger partial charge in [0.05, 0.1) is 18.7 Å². The summed E-state index contributed by atoms with van der Waals surface area (Å²) in [6, 6.07) is 13.0. The molecule has 0 fully saturated rings. The number of para-hydroxylation sites is 1. The van der Waals surface area contributed by atoms with Crippen molar-refractivity contribution in [3.63, 3.8) is 0 Å². The molecule has 0 spiro atoms. The predicted octanol–water partition coefficient (Wildman–Crippen LogP) is 1.62. The molecule has 5 N–H and O–H groups in total. The number of aliphatic hydroxyl groups is 1. The zero-order valence-corrected chi connectivity index (χ0v) is 11.9. The van der Waals surface area contributed by atoms with Gasteiger partial charge < -0.3 is 21.5 Å². The van der Waals surface area contributed by atoms with Gasteiger partial charge in [-0.15, -0.1) is 0 Å². The van der Waals surface area contributed by atoms with Crippen molar-refractivity contribution in [1.82, 2.24) is 5.32 Å². The van der Waals surface area contributed by atoms with Crippen LogP contribution in [0.3, 0.4) is 0 Å². The predicted molar refractivity (Wildman–Crippen MR) is 84.7 cm³/mol. The van der Waals surface area contributed by atoms with Crippen molar-refractivity contribution < 1.29 is 9.90 Å². The molecular weight excluding hydrogens is 278 g/mol. The van der Waals surface area contributed by atoms with E-state index in [1.165, 1.54) is 0 Å². The maximum Gasteiger partial charge on any atom is 0.252 e. The molecule has 5 nitrogen and oxygen atoms in total. The molecule has 2 aliphatic heterocycles. The minimum Gasteiger partial charge on any atom is -0.399 e. The maximum atomic E-state index is 12.2. The van der Waals surface area contributed by atoms with Crippen molar-refractivity contribution in [3.8, 4) is 0 Å². The van der Waals surface area contributed by atoms with Gasteiger partial charge in [-0.1, -0.05) is 18.2 Å². The minimum atomic E-state index is -0.181. The van der Waals surface area contributed by atoms with E-state index in [-0.39, 0.29) is 30.5 Å². The largest absolute Gasteiger partial charge is 0.399 e. The summed E-state index contributed by atoms with van der Waals surface area (Å²) in [6.45, 7) is 0.00334. The lowest BCUT2D eigenvalue weighted by atomic mass is 9.84. The molecule has 2 heterocycles. The van der Waals surface area contributed by atoms with E-state index < -0.39 is 0 Å². The fourth-order valence-electron chi connectivity index (χ4n) is 3.62. The Hall–Kier alpha value is -2.53. The Morgan fingerprint density at radius 2 is 1.91 bits per heavy atom. The number of nitrogens with two attached hydrogens (primary N) is 1. The molecule has 1 amide bonds. The van der Waals surface area contributed by atoms with E-state index in [9.17, 15) is 9.90 Å². The summed E-state index contributed by atoms with van der Waals surface area (Å²) in [5.74, 6) is -0.103. The van der Waals surface area contributed by atoms with Gasteiger partial charge in [0.25, 0.3) is 5.91 Å². The molecular formula is C17H17N3O2. The van der Waals surface area contributed by atoms with Crippen LogP contribution in [0, 0.1) is 0 Å². The van der Waals surface area contributed by atoms with Crippen LogP contribution in [0.1, 0.15) is 33.4 Å². The lowest BCUT2D eigenvalue weighted by molar-refractivity contribution is 0.0949. The van der Waals surface area contributed by atoms with Crippen LogP contribution in [0.4, 0.5) is 11.4 Å². The highest BCUT2D eigenvalue weighted by atomic mass is 16.3. The normalized spacial score (nSPS) is 25.3. The molecule has 0 radical (unpaired) electrons. The number of nitrogens with one attached hydrogen (secondary N) is 2. The first-order chi connectivity index (χ1) is 10.7. The number of fused-ring (bicyclic) bond motifs is 2. The molecule has 0 aliphatic carbocycles. The topological polar surface area (TPSA) is 87.4 Å². The summed E-state index contributed by atoms with van der Waals surface area (Å²) >= 11 is 0. The summed E-state index contributed by atoms with van der Waals surface area (Å²) in [7, 11) is 0. The van der Waals surface area contributed by atoms with Gasteiger partial charge in [-0.3, -0.25) is 4.79 Å². The second-order valence-corrected chi connectivity index (χ2v) is 5.84. The van der Waals surface area contributed by atoms with Crippen LogP contribution in [-0.4, -0.2) is 23.7 Å². The third-order valence-electron chi connectivity index (χ3n) is 4.59. The number of carbonyl (C=O) groups excluding carboxylic acids is 1. The lowest BCUT2D eigenvalue weighted by Crippen LogP contribution is -2.34. The van der Waals surface area contributed by atoms with Crippen LogP contribution in [0.25, 0.3) is 0 Å². The fraction of sp³-hybridized carbons (Fsp3) is 0.235. The molecule has 112 valence electrons. The van der Waals surface area contributed by atoms with E-state index in [0.717, 1.165) is 16.8 Å². The Morgan fingerprint density at radius 3 is 2.73 bits per heavy atom. The SMILES string of the molecule is Nc1ccc2c(c1)C(C1c3ccccc3NC1CO)NC2=O. The number of aliphatic hydroxyl groups excluding tert-OH is 1. The van der Waals surface area contributed by atoms with Gasteiger partial charge >= 0.3 is 0 Å². The smallest absolute Gasteiger partial charge is 0.252 e. The van der Waals surface area contributed by atoms with Crippen LogP contribution < -0.4 is 16.4 Å². The number of rotatable bonds is 2. The highest BCUT2D eigenvalue weighted by molar-refractivity contribution is 5.99. The van der Waals surface area contributed by atoms with Gasteiger partial charge in [-0.05, 0) is 35.4 Å². The molecule has 2 aliphatic rings. The third-order valence-corrected chi connectivity index (χ3v) is 4.59. The van der Waals surface area contributed by atoms with Crippen molar-refractivity contribution in [2.24, 2.45) is 0 Å². The first-order valence-electron chi connectivity index (χ1n) is 7.35. The van der Waals surface area contributed by atoms with E-state index in [1.807, 2.05) is 30.3 Å². The van der Waals surface area contributed by atoms with Gasteiger partial charge in [-0.2, -0.15) is 0 Å². The molecule has 2 aromatic rings. The van der Waals surface area contributed by atoms with E-state index in [2.05, 4.69) is 10.6 Å². The first kappa shape index (κ1) is 13.2. The second kappa shape index (κ2) is 4.74. The molecule has 2 aromatic carbocycles. The highest BCUT2D eigenvalue weighted by Gasteiger charge is 2.42. The molecule has 3 atom stereocenters. The van der Waals surface area contributed by atoms with Crippen molar-refractivity contribution in [2.45, 2.75) is 18.0 Å². The molecule has 0 saturated carbocycles. The zero-order chi connectivity index (χ0) is 15.3. The van der Waals surface area contributed by atoms with E-state index in [0.29, 0.717) is 11.3 Å². The van der Waals surface area contributed by atoms with Crippen LogP contribution >= 0.6 is 0 Å². The zero-order valence-electron chi connectivity index (χ0n) is 11.9. The lowest BCUT2D eigenvalue weighted by Gasteiger charge is -2.25. The average molecular weight is 295 g/mol. The van der Waals surface area contributed by atoms with Crippen LogP contribution in [0.2, 0.25) is 0 Å². The molecule has 0 bridgehead atoms. The van der Waals surface area contributed by atoms with Crippen LogP contribution in [-0.2, 0) is 0 Å². The summed E-state index contributed by atoms with van der Waals surface area (Å²) in [6.07, 6.45) is 0. The second-order valence-electron chi connectivity index (χ2n) is 5.84. The molecule has 4 rings (SSSR count). The Kier molecular flexibility index (Phi) is 2.84. The van der Waals surface area contributed by atoms with E-state index in [1.54, 1.807) is 12.1 Å². The minimum absolute atomic E-state index is 0.00334. The van der Waals surface area contributed by atoms with Crippen molar-refractivity contribution in [2.75, 3.05) is 17.7 Å². The molecule has 0 aromatic heterocycles. The Bertz CT molecular complexity index is 759. The summed E-state index contributed by atoms with van der Waals surface area (Å²) in [5, 5.41) is 16.1. The van der Waals surface area contributed by atoms with Crippen LogP contribution in [0.5, 0.6) is 0 Å². The number of hydrogen-bond donors (Lipinski definition) is 4. The highest BCUT2D eigenvalue weighted by Crippen LogP contribution is 2.46. The van der Waals surface area contributed by atoms with Gasteiger partial charge in [0.15, 0.2) is 0 Å². The van der Waals surface area contributed by atoms with E-state index >= 15 is 0 Å². The fourth-order valence-corrected chi connectivity index (χ4v) is 3.62. The van der Waals surface area contributed by atoms with Gasteiger partial charge in [0.2, 0.25) is 0 Å².